The van der Waals surface area contributed by atoms with Crippen LogP contribution >= 0.6 is 0 Å². The highest BCUT2D eigenvalue weighted by atomic mass is 19.1. The Bertz CT molecular complexity index is 526. The normalized spacial score (nSPS) is 10.9. The van der Waals surface area contributed by atoms with Crippen LogP contribution in [-0.2, 0) is 13.2 Å². The summed E-state index contributed by atoms with van der Waals surface area (Å²) < 4.78 is 23.8. The van der Waals surface area contributed by atoms with E-state index in [1.807, 2.05) is 0 Å². The Hall–Kier alpha value is -1.88. The summed E-state index contributed by atoms with van der Waals surface area (Å²) in [4.78, 5) is 4.15. The summed E-state index contributed by atoms with van der Waals surface area (Å²) in [5.74, 6) is -0.296. The first-order valence-electron chi connectivity index (χ1n) is 6.19. The second kappa shape index (κ2) is 6.33. The van der Waals surface area contributed by atoms with Crippen LogP contribution in [0.4, 0.5) is 4.39 Å². The maximum absolute atomic E-state index is 13.4. The second-order valence-corrected chi connectivity index (χ2v) is 4.52. The summed E-state index contributed by atoms with van der Waals surface area (Å²) in [6.45, 7) is 4.82. The van der Waals surface area contributed by atoms with Crippen molar-refractivity contribution in [3.63, 3.8) is 0 Å². The van der Waals surface area contributed by atoms with Crippen molar-refractivity contribution in [2.24, 2.45) is 0 Å². The van der Waals surface area contributed by atoms with E-state index in [0.29, 0.717) is 18.2 Å². The SMILES string of the molecule is CC(C)NCc1coc(OCc2ccccc2F)n1. The lowest BCUT2D eigenvalue weighted by atomic mass is 10.2. The van der Waals surface area contributed by atoms with Crippen LogP contribution in [-0.4, -0.2) is 11.0 Å². The number of oxazole rings is 1. The predicted octanol–water partition coefficient (Wildman–Crippen LogP) is 2.89. The first-order chi connectivity index (χ1) is 9.15. The predicted molar refractivity (Wildman–Crippen MR) is 69.2 cm³/mol. The van der Waals surface area contributed by atoms with Gasteiger partial charge in [-0.25, -0.2) is 4.39 Å². The summed E-state index contributed by atoms with van der Waals surface area (Å²) in [6.07, 6.45) is 1.69. The van der Waals surface area contributed by atoms with Crippen molar-refractivity contribution in [1.29, 1.82) is 0 Å². The highest BCUT2D eigenvalue weighted by Gasteiger charge is 2.07. The van der Waals surface area contributed by atoms with Crippen LogP contribution in [0.1, 0.15) is 25.1 Å². The van der Waals surface area contributed by atoms with Crippen LogP contribution in [0.15, 0.2) is 34.9 Å². The van der Waals surface area contributed by atoms with Gasteiger partial charge in [-0.3, -0.25) is 0 Å². The Balaban J connectivity index is 1.88. The molecule has 0 amide bonds. The van der Waals surface area contributed by atoms with Crippen molar-refractivity contribution in [1.82, 2.24) is 10.3 Å². The van der Waals surface area contributed by atoms with Crippen molar-refractivity contribution in [2.75, 3.05) is 0 Å². The largest absolute Gasteiger partial charge is 0.445 e. The van der Waals surface area contributed by atoms with Crippen molar-refractivity contribution >= 4 is 0 Å². The van der Waals surface area contributed by atoms with Crippen molar-refractivity contribution in [2.45, 2.75) is 33.0 Å². The van der Waals surface area contributed by atoms with Gasteiger partial charge in [-0.2, -0.15) is 4.98 Å². The van der Waals surface area contributed by atoms with Gasteiger partial charge >= 0.3 is 6.08 Å². The topological polar surface area (TPSA) is 47.3 Å². The van der Waals surface area contributed by atoms with Crippen LogP contribution in [0.5, 0.6) is 6.08 Å². The Morgan fingerprint density at radius 3 is 2.89 bits per heavy atom. The van der Waals surface area contributed by atoms with E-state index in [0.717, 1.165) is 5.69 Å². The van der Waals surface area contributed by atoms with Gasteiger partial charge in [0, 0.05) is 18.2 Å². The lowest BCUT2D eigenvalue weighted by molar-refractivity contribution is 0.217. The van der Waals surface area contributed by atoms with E-state index >= 15 is 0 Å². The van der Waals surface area contributed by atoms with Gasteiger partial charge in [0.1, 0.15) is 18.7 Å². The molecule has 5 heteroatoms. The number of ether oxygens (including phenoxy) is 1. The standard InChI is InChI=1S/C14H17FN2O2/c1-10(2)16-7-12-9-19-14(17-12)18-8-11-5-3-4-6-13(11)15/h3-6,9-10,16H,7-8H2,1-2H3. The van der Waals surface area contributed by atoms with Gasteiger partial charge in [-0.15, -0.1) is 0 Å². The lowest BCUT2D eigenvalue weighted by Crippen LogP contribution is -2.21. The molecule has 1 aromatic heterocycles. The third-order valence-corrected chi connectivity index (χ3v) is 2.53. The molecule has 1 heterocycles. The molecule has 0 atom stereocenters. The van der Waals surface area contributed by atoms with E-state index in [1.54, 1.807) is 18.2 Å². The van der Waals surface area contributed by atoms with Crippen LogP contribution < -0.4 is 10.1 Å². The van der Waals surface area contributed by atoms with Crippen LogP contribution in [0.3, 0.4) is 0 Å². The van der Waals surface area contributed by atoms with Crippen molar-refractivity contribution in [3.05, 3.63) is 47.6 Å². The average molecular weight is 264 g/mol. The minimum atomic E-state index is -0.296. The fourth-order valence-corrected chi connectivity index (χ4v) is 1.50. The molecule has 102 valence electrons. The van der Waals surface area contributed by atoms with Crippen LogP contribution in [0.2, 0.25) is 0 Å². The number of benzene rings is 1. The quantitative estimate of drug-likeness (QED) is 0.871. The Morgan fingerprint density at radius 1 is 1.37 bits per heavy atom. The molecular weight excluding hydrogens is 247 g/mol. The molecule has 0 spiro atoms. The molecule has 0 bridgehead atoms. The van der Waals surface area contributed by atoms with E-state index in [2.05, 4.69) is 24.1 Å². The Labute approximate surface area is 111 Å². The van der Waals surface area contributed by atoms with Gasteiger partial charge in [0.25, 0.3) is 0 Å². The maximum Gasteiger partial charge on any atom is 0.394 e. The molecule has 0 aliphatic heterocycles. The summed E-state index contributed by atoms with van der Waals surface area (Å²) >= 11 is 0. The fourth-order valence-electron chi connectivity index (χ4n) is 1.50. The van der Waals surface area contributed by atoms with Gasteiger partial charge < -0.3 is 14.5 Å². The van der Waals surface area contributed by atoms with Crippen molar-refractivity contribution < 1.29 is 13.5 Å². The monoisotopic (exact) mass is 264 g/mol. The number of nitrogens with one attached hydrogen (secondary N) is 1. The average Bonchev–Trinajstić information content (AvgIpc) is 2.83. The molecule has 2 aromatic rings. The molecule has 0 unspecified atom stereocenters. The van der Waals surface area contributed by atoms with Crippen molar-refractivity contribution in [3.8, 4) is 6.08 Å². The Kier molecular flexibility index (Phi) is 4.52. The second-order valence-electron chi connectivity index (χ2n) is 4.52. The third-order valence-electron chi connectivity index (χ3n) is 2.53. The van der Waals surface area contributed by atoms with Gasteiger partial charge in [0.2, 0.25) is 0 Å². The number of nitrogens with zero attached hydrogens (tertiary/aromatic N) is 1. The lowest BCUT2D eigenvalue weighted by Gasteiger charge is -2.04. The zero-order chi connectivity index (χ0) is 13.7. The molecule has 1 N–H and O–H groups in total. The van der Waals surface area contributed by atoms with E-state index in [4.69, 9.17) is 9.15 Å². The molecule has 2 rings (SSSR count). The summed E-state index contributed by atoms with van der Waals surface area (Å²) in [6, 6.07) is 6.83. The minimum absolute atomic E-state index is 0.101. The smallest absolute Gasteiger partial charge is 0.394 e. The summed E-state index contributed by atoms with van der Waals surface area (Å²) in [5, 5.41) is 3.22. The highest BCUT2D eigenvalue weighted by molar-refractivity contribution is 5.16. The molecule has 0 fully saturated rings. The molecule has 0 radical (unpaired) electrons. The molecule has 19 heavy (non-hydrogen) atoms. The first-order valence-corrected chi connectivity index (χ1v) is 6.19. The van der Waals surface area contributed by atoms with E-state index in [1.165, 1.54) is 12.3 Å². The molecule has 0 aliphatic carbocycles. The van der Waals surface area contributed by atoms with Gasteiger partial charge in [-0.1, -0.05) is 32.0 Å². The highest BCUT2D eigenvalue weighted by Crippen LogP contribution is 2.14. The number of aromatic nitrogens is 1. The zero-order valence-corrected chi connectivity index (χ0v) is 11.0. The number of rotatable bonds is 6. The van der Waals surface area contributed by atoms with Gasteiger partial charge in [0.05, 0.1) is 5.69 Å². The zero-order valence-electron chi connectivity index (χ0n) is 11.0. The van der Waals surface area contributed by atoms with E-state index in [-0.39, 0.29) is 18.5 Å². The Morgan fingerprint density at radius 2 is 2.16 bits per heavy atom. The number of hydrogen-bond acceptors (Lipinski definition) is 4. The number of halogens is 1. The molecular formula is C14H17FN2O2. The van der Waals surface area contributed by atoms with E-state index in [9.17, 15) is 4.39 Å². The minimum Gasteiger partial charge on any atom is -0.445 e. The number of hydrogen-bond donors (Lipinski definition) is 1. The van der Waals surface area contributed by atoms with Crippen LogP contribution in [0, 0.1) is 5.82 Å². The summed E-state index contributed by atoms with van der Waals surface area (Å²) in [5.41, 5.74) is 1.24. The summed E-state index contributed by atoms with van der Waals surface area (Å²) in [7, 11) is 0. The molecule has 1 aromatic carbocycles. The molecule has 0 aliphatic rings. The molecule has 4 nitrogen and oxygen atoms in total. The molecule has 0 saturated heterocycles. The molecule has 0 saturated carbocycles. The van der Waals surface area contributed by atoms with Gasteiger partial charge in [-0.05, 0) is 6.07 Å². The third kappa shape index (κ3) is 4.06. The first kappa shape index (κ1) is 13.5. The van der Waals surface area contributed by atoms with Crippen LogP contribution in [0.25, 0.3) is 0 Å². The maximum atomic E-state index is 13.4. The fraction of sp³-hybridized carbons (Fsp3) is 0.357. The van der Waals surface area contributed by atoms with E-state index < -0.39 is 0 Å². The van der Waals surface area contributed by atoms with Gasteiger partial charge in [0.15, 0.2) is 0 Å².